The lowest BCUT2D eigenvalue weighted by atomic mass is 9.99. The molecule has 0 unspecified atom stereocenters. The van der Waals surface area contributed by atoms with Crippen molar-refractivity contribution in [2.75, 3.05) is 0 Å². The van der Waals surface area contributed by atoms with E-state index in [1.807, 2.05) is 32.9 Å². The second kappa shape index (κ2) is 5.53. The second-order valence-electron chi connectivity index (χ2n) is 5.23. The summed E-state index contributed by atoms with van der Waals surface area (Å²) in [5.74, 6) is -0.128. The van der Waals surface area contributed by atoms with Gasteiger partial charge >= 0.3 is 0 Å². The minimum atomic E-state index is -0.128. The van der Waals surface area contributed by atoms with E-state index in [0.717, 1.165) is 29.5 Å². The van der Waals surface area contributed by atoms with Gasteiger partial charge in [-0.2, -0.15) is 0 Å². The van der Waals surface area contributed by atoms with Gasteiger partial charge in [0.15, 0.2) is 0 Å². The molecule has 1 fully saturated rings. The summed E-state index contributed by atoms with van der Waals surface area (Å²) in [6.07, 6.45) is 4.69. The lowest BCUT2D eigenvalue weighted by molar-refractivity contribution is -0.0125. The summed E-state index contributed by atoms with van der Waals surface area (Å²) in [7, 11) is 0. The molecule has 0 aliphatic heterocycles. The molecule has 0 spiro atoms. The van der Waals surface area contributed by atoms with Crippen LogP contribution < -0.4 is 5.48 Å². The van der Waals surface area contributed by atoms with Crippen LogP contribution in [-0.4, -0.2) is 12.0 Å². The average Bonchev–Trinajstić information content (AvgIpc) is 2.77. The van der Waals surface area contributed by atoms with Gasteiger partial charge in [-0.15, -0.1) is 0 Å². The largest absolute Gasteiger partial charge is 0.275 e. The molecule has 3 nitrogen and oxygen atoms in total. The van der Waals surface area contributed by atoms with Crippen molar-refractivity contribution < 1.29 is 9.63 Å². The van der Waals surface area contributed by atoms with Gasteiger partial charge in [-0.3, -0.25) is 9.63 Å². The van der Waals surface area contributed by atoms with Crippen molar-refractivity contribution in [3.63, 3.8) is 0 Å². The van der Waals surface area contributed by atoms with Gasteiger partial charge in [0.05, 0.1) is 6.10 Å². The molecule has 0 bridgehead atoms. The quantitative estimate of drug-likeness (QED) is 0.833. The first-order chi connectivity index (χ1) is 8.58. The number of aryl methyl sites for hydroxylation is 3. The number of carbonyl (C=O) groups is 1. The van der Waals surface area contributed by atoms with Crippen LogP contribution in [0.5, 0.6) is 0 Å². The molecule has 1 amide bonds. The van der Waals surface area contributed by atoms with Crippen molar-refractivity contribution in [3.05, 3.63) is 34.4 Å². The van der Waals surface area contributed by atoms with E-state index in [1.54, 1.807) is 0 Å². The SMILES string of the molecule is Cc1cc(C)c(C(=O)NOC2CCCC2)c(C)c1. The van der Waals surface area contributed by atoms with E-state index in [-0.39, 0.29) is 12.0 Å². The number of amides is 1. The Hall–Kier alpha value is -1.35. The van der Waals surface area contributed by atoms with Gasteiger partial charge in [-0.25, -0.2) is 5.48 Å². The molecule has 0 atom stereocenters. The third-order valence-electron chi connectivity index (χ3n) is 3.52. The van der Waals surface area contributed by atoms with Gasteiger partial charge in [-0.05, 0) is 44.7 Å². The molecule has 0 heterocycles. The molecule has 18 heavy (non-hydrogen) atoms. The minimum absolute atomic E-state index is 0.128. The third kappa shape index (κ3) is 2.91. The Morgan fingerprint density at radius 3 is 2.28 bits per heavy atom. The lowest BCUT2D eigenvalue weighted by Crippen LogP contribution is -2.29. The molecule has 1 aliphatic carbocycles. The highest BCUT2D eigenvalue weighted by atomic mass is 16.7. The van der Waals surface area contributed by atoms with Crippen molar-refractivity contribution in [2.24, 2.45) is 0 Å². The predicted octanol–water partition coefficient (Wildman–Crippen LogP) is 3.22. The maximum absolute atomic E-state index is 12.1. The molecule has 1 aromatic carbocycles. The predicted molar refractivity (Wildman–Crippen MR) is 71.5 cm³/mol. The molecule has 0 radical (unpaired) electrons. The summed E-state index contributed by atoms with van der Waals surface area (Å²) in [5, 5.41) is 0. The number of hydroxylamine groups is 1. The van der Waals surface area contributed by atoms with Crippen molar-refractivity contribution in [1.82, 2.24) is 5.48 Å². The van der Waals surface area contributed by atoms with E-state index in [2.05, 4.69) is 5.48 Å². The third-order valence-corrected chi connectivity index (χ3v) is 3.52. The van der Waals surface area contributed by atoms with E-state index in [0.29, 0.717) is 0 Å². The van der Waals surface area contributed by atoms with Gasteiger partial charge < -0.3 is 0 Å². The monoisotopic (exact) mass is 247 g/mol. The first-order valence-electron chi connectivity index (χ1n) is 6.62. The van der Waals surface area contributed by atoms with E-state index in [1.165, 1.54) is 18.4 Å². The van der Waals surface area contributed by atoms with Gasteiger partial charge in [-0.1, -0.05) is 30.5 Å². The Morgan fingerprint density at radius 2 is 1.72 bits per heavy atom. The zero-order valence-electron chi connectivity index (χ0n) is 11.4. The summed E-state index contributed by atoms with van der Waals surface area (Å²) in [5.41, 5.74) is 6.52. The fourth-order valence-corrected chi connectivity index (χ4v) is 2.73. The van der Waals surface area contributed by atoms with Crippen LogP contribution >= 0.6 is 0 Å². The number of nitrogens with one attached hydrogen (secondary N) is 1. The number of hydrogen-bond donors (Lipinski definition) is 1. The van der Waals surface area contributed by atoms with E-state index in [4.69, 9.17) is 4.84 Å². The molecule has 1 N–H and O–H groups in total. The molecule has 98 valence electrons. The minimum Gasteiger partial charge on any atom is -0.270 e. The number of benzene rings is 1. The van der Waals surface area contributed by atoms with Crippen LogP contribution in [0, 0.1) is 20.8 Å². The average molecular weight is 247 g/mol. The van der Waals surface area contributed by atoms with Crippen LogP contribution in [0.3, 0.4) is 0 Å². The Kier molecular flexibility index (Phi) is 4.02. The standard InChI is InChI=1S/C15H21NO2/c1-10-8-11(2)14(12(3)9-10)15(17)16-18-13-6-4-5-7-13/h8-9,13H,4-7H2,1-3H3,(H,16,17). The maximum Gasteiger partial charge on any atom is 0.275 e. The topological polar surface area (TPSA) is 38.3 Å². The van der Waals surface area contributed by atoms with Crippen molar-refractivity contribution in [1.29, 1.82) is 0 Å². The van der Waals surface area contributed by atoms with E-state index < -0.39 is 0 Å². The molecular weight excluding hydrogens is 226 g/mol. The van der Waals surface area contributed by atoms with E-state index in [9.17, 15) is 4.79 Å². The van der Waals surface area contributed by atoms with Crippen LogP contribution in [0.25, 0.3) is 0 Å². The zero-order valence-corrected chi connectivity index (χ0v) is 11.4. The maximum atomic E-state index is 12.1. The van der Waals surface area contributed by atoms with Crippen LogP contribution in [0.1, 0.15) is 52.7 Å². The summed E-state index contributed by atoms with van der Waals surface area (Å²) in [4.78, 5) is 17.6. The smallest absolute Gasteiger partial charge is 0.270 e. The normalized spacial score (nSPS) is 15.9. The van der Waals surface area contributed by atoms with Gasteiger partial charge in [0.2, 0.25) is 0 Å². The Morgan fingerprint density at radius 1 is 1.17 bits per heavy atom. The van der Waals surface area contributed by atoms with Gasteiger partial charge in [0, 0.05) is 5.56 Å². The highest BCUT2D eigenvalue weighted by molar-refractivity contribution is 5.96. The van der Waals surface area contributed by atoms with E-state index >= 15 is 0 Å². The van der Waals surface area contributed by atoms with Crippen LogP contribution in [-0.2, 0) is 4.84 Å². The Labute approximate surface area is 108 Å². The highest BCUT2D eigenvalue weighted by Crippen LogP contribution is 2.21. The Balaban J connectivity index is 2.04. The second-order valence-corrected chi connectivity index (χ2v) is 5.23. The molecule has 1 aliphatic rings. The molecular formula is C15H21NO2. The number of rotatable bonds is 3. The van der Waals surface area contributed by atoms with Crippen molar-refractivity contribution in [3.8, 4) is 0 Å². The lowest BCUT2D eigenvalue weighted by Gasteiger charge is -2.14. The van der Waals surface area contributed by atoms with Gasteiger partial charge in [0.1, 0.15) is 0 Å². The van der Waals surface area contributed by atoms with Crippen molar-refractivity contribution >= 4 is 5.91 Å². The molecule has 0 aromatic heterocycles. The zero-order chi connectivity index (χ0) is 13.1. The summed E-state index contributed by atoms with van der Waals surface area (Å²) < 4.78 is 0. The first kappa shape index (κ1) is 13.1. The van der Waals surface area contributed by atoms with Crippen molar-refractivity contribution in [2.45, 2.75) is 52.6 Å². The number of carbonyl (C=O) groups excluding carboxylic acids is 1. The van der Waals surface area contributed by atoms with Crippen LogP contribution in [0.4, 0.5) is 0 Å². The van der Waals surface area contributed by atoms with Crippen LogP contribution in [0.15, 0.2) is 12.1 Å². The molecule has 2 rings (SSSR count). The molecule has 1 aromatic rings. The fraction of sp³-hybridized carbons (Fsp3) is 0.533. The first-order valence-corrected chi connectivity index (χ1v) is 6.62. The molecule has 3 heteroatoms. The van der Waals surface area contributed by atoms with Crippen LogP contribution in [0.2, 0.25) is 0 Å². The Bertz CT molecular complexity index is 425. The summed E-state index contributed by atoms with van der Waals surface area (Å²) in [6, 6.07) is 4.05. The molecule has 0 saturated heterocycles. The highest BCUT2D eigenvalue weighted by Gasteiger charge is 2.18. The molecule has 1 saturated carbocycles. The summed E-state index contributed by atoms with van der Waals surface area (Å²) >= 11 is 0. The van der Waals surface area contributed by atoms with Gasteiger partial charge in [0.25, 0.3) is 5.91 Å². The number of hydrogen-bond acceptors (Lipinski definition) is 2. The summed E-state index contributed by atoms with van der Waals surface area (Å²) in [6.45, 7) is 5.96. The fourth-order valence-electron chi connectivity index (χ4n) is 2.73.